The second-order valence-corrected chi connectivity index (χ2v) is 9.87. The van der Waals surface area contributed by atoms with Gasteiger partial charge in [0.15, 0.2) is 0 Å². The van der Waals surface area contributed by atoms with Crippen molar-refractivity contribution >= 4 is 26.7 Å². The predicted octanol–water partition coefficient (Wildman–Crippen LogP) is 6.50. The fourth-order valence-corrected chi connectivity index (χ4v) is 5.35. The van der Waals surface area contributed by atoms with E-state index in [1.54, 1.807) is 42.5 Å². The molecular formula is C28H25N3O2S. The monoisotopic (exact) mass is 467 g/mol. The normalized spacial score (nSPS) is 12.5. The third-order valence-corrected chi connectivity index (χ3v) is 7.40. The Kier molecular flexibility index (Phi) is 5.90. The number of fused-ring (bicyclic) bond motifs is 1. The minimum Gasteiger partial charge on any atom is -0.323 e. The van der Waals surface area contributed by atoms with Crippen LogP contribution in [0, 0.1) is 0 Å². The van der Waals surface area contributed by atoms with Crippen LogP contribution in [0.2, 0.25) is 0 Å². The second kappa shape index (κ2) is 9.15. The number of sulfonamides is 1. The topological polar surface area (TPSA) is 64.0 Å². The summed E-state index contributed by atoms with van der Waals surface area (Å²) in [5.74, 6) is 0. The average molecular weight is 468 g/mol. The molecule has 0 aliphatic carbocycles. The number of hydrogen-bond donors (Lipinski definition) is 1. The van der Waals surface area contributed by atoms with E-state index in [1.165, 1.54) is 16.7 Å². The lowest BCUT2D eigenvalue weighted by atomic mass is 9.99. The van der Waals surface area contributed by atoms with Crippen molar-refractivity contribution in [2.45, 2.75) is 24.3 Å². The zero-order valence-corrected chi connectivity index (χ0v) is 19.6. The number of imidazole rings is 1. The van der Waals surface area contributed by atoms with Gasteiger partial charge in [-0.15, -0.1) is 0 Å². The number of anilines is 1. The van der Waals surface area contributed by atoms with Crippen molar-refractivity contribution in [3.8, 4) is 11.1 Å². The molecule has 6 heteroatoms. The van der Waals surface area contributed by atoms with Crippen LogP contribution in [-0.4, -0.2) is 18.0 Å². The summed E-state index contributed by atoms with van der Waals surface area (Å²) in [6.07, 6.45) is 2.73. The molecule has 5 rings (SSSR count). The van der Waals surface area contributed by atoms with E-state index in [-0.39, 0.29) is 10.9 Å². The third kappa shape index (κ3) is 4.32. The van der Waals surface area contributed by atoms with Crippen LogP contribution in [0.3, 0.4) is 0 Å². The van der Waals surface area contributed by atoms with Gasteiger partial charge in [-0.2, -0.15) is 0 Å². The number of rotatable bonds is 7. The number of hydrogen-bond acceptors (Lipinski definition) is 3. The molecule has 0 saturated heterocycles. The zero-order valence-electron chi connectivity index (χ0n) is 18.8. The van der Waals surface area contributed by atoms with E-state index in [0.717, 1.165) is 17.5 Å². The third-order valence-electron chi connectivity index (χ3n) is 6.01. The maximum absolute atomic E-state index is 12.7. The van der Waals surface area contributed by atoms with Crippen LogP contribution in [0.1, 0.15) is 24.9 Å². The first-order valence-electron chi connectivity index (χ1n) is 11.2. The van der Waals surface area contributed by atoms with Gasteiger partial charge in [0.05, 0.1) is 34.0 Å². The van der Waals surface area contributed by atoms with E-state index in [9.17, 15) is 8.42 Å². The van der Waals surface area contributed by atoms with Gasteiger partial charge in [-0.3, -0.25) is 4.72 Å². The van der Waals surface area contributed by atoms with E-state index in [4.69, 9.17) is 0 Å². The minimum atomic E-state index is -3.65. The van der Waals surface area contributed by atoms with E-state index in [0.29, 0.717) is 5.69 Å². The highest BCUT2D eigenvalue weighted by molar-refractivity contribution is 7.92. The summed E-state index contributed by atoms with van der Waals surface area (Å²) in [5.41, 5.74) is 5.78. The fraction of sp³-hybridized carbons (Fsp3) is 0.107. The highest BCUT2D eigenvalue weighted by Crippen LogP contribution is 2.30. The Bertz CT molecular complexity index is 1510. The number of nitrogens with one attached hydrogen (secondary N) is 1. The van der Waals surface area contributed by atoms with E-state index in [1.807, 2.05) is 30.6 Å². The van der Waals surface area contributed by atoms with Crippen LogP contribution in [0.25, 0.3) is 22.2 Å². The first-order chi connectivity index (χ1) is 16.5. The number of aromatic nitrogens is 2. The Morgan fingerprint density at radius 2 is 1.47 bits per heavy atom. The van der Waals surface area contributed by atoms with Crippen molar-refractivity contribution in [1.82, 2.24) is 9.55 Å². The molecule has 1 atom stereocenters. The van der Waals surface area contributed by atoms with Crippen molar-refractivity contribution < 1.29 is 8.42 Å². The minimum absolute atomic E-state index is 0.127. The summed E-state index contributed by atoms with van der Waals surface area (Å²) in [6, 6.07) is 32.9. The van der Waals surface area contributed by atoms with Crippen LogP contribution in [0.5, 0.6) is 0 Å². The Morgan fingerprint density at radius 1 is 0.824 bits per heavy atom. The summed E-state index contributed by atoms with van der Waals surface area (Å²) in [7, 11) is -3.65. The Balaban J connectivity index is 1.42. The molecule has 4 aromatic carbocycles. The van der Waals surface area contributed by atoms with Gasteiger partial charge in [0.1, 0.15) is 0 Å². The molecule has 1 aromatic heterocycles. The van der Waals surface area contributed by atoms with Gasteiger partial charge < -0.3 is 4.57 Å². The van der Waals surface area contributed by atoms with Gasteiger partial charge in [-0.25, -0.2) is 13.4 Å². The summed E-state index contributed by atoms with van der Waals surface area (Å²) >= 11 is 0. The summed E-state index contributed by atoms with van der Waals surface area (Å²) in [5, 5.41) is 0. The highest BCUT2D eigenvalue weighted by Gasteiger charge is 2.17. The van der Waals surface area contributed by atoms with Gasteiger partial charge in [0.25, 0.3) is 10.0 Å². The van der Waals surface area contributed by atoms with E-state index >= 15 is 0 Å². The molecule has 5 nitrogen and oxygen atoms in total. The molecule has 0 radical (unpaired) electrons. The molecule has 1 N–H and O–H groups in total. The van der Waals surface area contributed by atoms with Gasteiger partial charge >= 0.3 is 0 Å². The average Bonchev–Trinajstić information content (AvgIpc) is 3.29. The number of benzene rings is 4. The first-order valence-corrected chi connectivity index (χ1v) is 12.7. The van der Waals surface area contributed by atoms with Gasteiger partial charge in [0, 0.05) is 0 Å². The summed E-state index contributed by atoms with van der Waals surface area (Å²) in [4.78, 5) is 4.80. The Labute approximate surface area is 199 Å². The molecule has 0 spiro atoms. The van der Waals surface area contributed by atoms with Crippen molar-refractivity contribution in [2.24, 2.45) is 0 Å². The van der Waals surface area contributed by atoms with Crippen LogP contribution >= 0.6 is 0 Å². The molecule has 1 heterocycles. The standard InChI is InChI=1S/C28H25N3O2S/c1-2-27(23-15-13-22(14-16-23)21-9-5-3-6-10-21)31-20-29-26-19-24(17-18-28(26)31)30-34(32,33)25-11-7-4-8-12-25/h3-20,27,30H,2H2,1H3. The molecule has 0 saturated carbocycles. The quantitative estimate of drug-likeness (QED) is 0.297. The largest absolute Gasteiger partial charge is 0.323 e. The molecule has 1 unspecified atom stereocenters. The van der Waals surface area contributed by atoms with Gasteiger partial charge in [-0.05, 0) is 53.4 Å². The SMILES string of the molecule is CCC(c1ccc(-c2ccccc2)cc1)n1cnc2cc(NS(=O)(=O)c3ccccc3)ccc21. The van der Waals surface area contributed by atoms with Crippen LogP contribution in [-0.2, 0) is 10.0 Å². The molecule has 0 aliphatic rings. The molecule has 34 heavy (non-hydrogen) atoms. The van der Waals surface area contributed by atoms with Crippen LogP contribution < -0.4 is 4.72 Å². The van der Waals surface area contributed by atoms with E-state index < -0.39 is 10.0 Å². The molecule has 0 amide bonds. The lowest BCUT2D eigenvalue weighted by Gasteiger charge is -2.19. The maximum atomic E-state index is 12.7. The van der Waals surface area contributed by atoms with Crippen molar-refractivity contribution in [3.05, 3.63) is 115 Å². The Hall–Kier alpha value is -3.90. The smallest absolute Gasteiger partial charge is 0.261 e. The molecule has 5 aromatic rings. The van der Waals surface area contributed by atoms with Gasteiger partial charge in [-0.1, -0.05) is 79.7 Å². The lowest BCUT2D eigenvalue weighted by Crippen LogP contribution is -2.12. The zero-order chi connectivity index (χ0) is 23.5. The maximum Gasteiger partial charge on any atom is 0.261 e. The van der Waals surface area contributed by atoms with Crippen LogP contribution in [0.4, 0.5) is 5.69 Å². The molecule has 0 bridgehead atoms. The molecule has 170 valence electrons. The summed E-state index contributed by atoms with van der Waals surface area (Å²) in [6.45, 7) is 2.16. The number of nitrogens with zero attached hydrogens (tertiary/aromatic N) is 2. The highest BCUT2D eigenvalue weighted by atomic mass is 32.2. The molecule has 0 aliphatic heterocycles. The fourth-order valence-electron chi connectivity index (χ4n) is 4.28. The van der Waals surface area contributed by atoms with E-state index in [2.05, 4.69) is 57.6 Å². The molecule has 0 fully saturated rings. The molecular weight excluding hydrogens is 442 g/mol. The lowest BCUT2D eigenvalue weighted by molar-refractivity contribution is 0.581. The second-order valence-electron chi connectivity index (χ2n) is 8.19. The van der Waals surface area contributed by atoms with Crippen molar-refractivity contribution in [1.29, 1.82) is 0 Å². The van der Waals surface area contributed by atoms with Gasteiger partial charge in [0.2, 0.25) is 0 Å². The first kappa shape index (κ1) is 21.9. The van der Waals surface area contributed by atoms with Crippen molar-refractivity contribution in [2.75, 3.05) is 4.72 Å². The summed E-state index contributed by atoms with van der Waals surface area (Å²) < 4.78 is 30.2. The van der Waals surface area contributed by atoms with Crippen LogP contribution in [0.15, 0.2) is 114 Å². The Morgan fingerprint density at radius 3 is 2.15 bits per heavy atom. The predicted molar refractivity (Wildman–Crippen MR) is 137 cm³/mol. The van der Waals surface area contributed by atoms with Crippen molar-refractivity contribution in [3.63, 3.8) is 0 Å².